The summed E-state index contributed by atoms with van der Waals surface area (Å²) in [6, 6.07) is 19.7. The summed E-state index contributed by atoms with van der Waals surface area (Å²) in [6.07, 6.45) is 1.10. The Morgan fingerprint density at radius 2 is 1.88 bits per heavy atom. The molecular weight excluding hydrogens is 495 g/mol. The van der Waals surface area contributed by atoms with Crippen LogP contribution in [0.5, 0.6) is 5.75 Å². The molecule has 2 unspecified atom stereocenters. The van der Waals surface area contributed by atoms with E-state index in [0.717, 1.165) is 38.2 Å². The lowest BCUT2D eigenvalue weighted by molar-refractivity contribution is 0.223. The number of benzene rings is 3. The molecule has 8 heteroatoms. The fraction of sp³-hybridized carbons (Fsp3) is 0.0833. The van der Waals surface area contributed by atoms with E-state index >= 15 is 0 Å². The lowest BCUT2D eigenvalue weighted by atomic mass is 9.84. The minimum Gasteiger partial charge on any atom is -0.480 e. The molecule has 4 aromatic rings. The van der Waals surface area contributed by atoms with Gasteiger partial charge in [0, 0.05) is 20.6 Å². The average Bonchev–Trinajstić information content (AvgIpc) is 3.26. The van der Waals surface area contributed by atoms with E-state index in [-0.39, 0.29) is 11.9 Å². The SMILES string of the molecule is Fc1ccc(C2C3=C(Nc4ncnn42)c2cc(Cl)ccc2OC3c2cccc(Br)c2)cc1. The van der Waals surface area contributed by atoms with Crippen molar-refractivity contribution in [3.05, 3.63) is 111 Å². The minimum absolute atomic E-state index is 0.295. The number of hydrogen-bond donors (Lipinski definition) is 1. The summed E-state index contributed by atoms with van der Waals surface area (Å²) in [5.41, 5.74) is 4.52. The van der Waals surface area contributed by atoms with E-state index < -0.39 is 6.10 Å². The second kappa shape index (κ2) is 7.46. The third-order valence-electron chi connectivity index (χ3n) is 5.71. The maximum atomic E-state index is 13.7. The molecule has 0 saturated heterocycles. The highest BCUT2D eigenvalue weighted by Crippen LogP contribution is 2.51. The van der Waals surface area contributed by atoms with Crippen molar-refractivity contribution in [3.63, 3.8) is 0 Å². The lowest BCUT2D eigenvalue weighted by Gasteiger charge is -2.39. The third-order valence-corrected chi connectivity index (χ3v) is 6.44. The number of fused-ring (bicyclic) bond motifs is 3. The zero-order chi connectivity index (χ0) is 21.8. The Morgan fingerprint density at radius 1 is 1.03 bits per heavy atom. The van der Waals surface area contributed by atoms with Gasteiger partial charge in [-0.1, -0.05) is 51.8 Å². The van der Waals surface area contributed by atoms with Crippen LogP contribution >= 0.6 is 27.5 Å². The van der Waals surface area contributed by atoms with Crippen molar-refractivity contribution in [1.29, 1.82) is 0 Å². The van der Waals surface area contributed by atoms with E-state index in [9.17, 15) is 4.39 Å². The Morgan fingerprint density at radius 3 is 2.69 bits per heavy atom. The van der Waals surface area contributed by atoms with Crippen molar-refractivity contribution >= 4 is 39.2 Å². The van der Waals surface area contributed by atoms with Gasteiger partial charge in [-0.2, -0.15) is 10.1 Å². The fourth-order valence-electron chi connectivity index (χ4n) is 4.35. The van der Waals surface area contributed by atoms with Gasteiger partial charge in [-0.3, -0.25) is 0 Å². The van der Waals surface area contributed by atoms with E-state index in [1.54, 1.807) is 16.8 Å². The van der Waals surface area contributed by atoms with E-state index in [0.29, 0.717) is 11.0 Å². The monoisotopic (exact) mass is 508 g/mol. The Bertz CT molecular complexity index is 1390. The Labute approximate surface area is 196 Å². The van der Waals surface area contributed by atoms with Crippen molar-refractivity contribution in [2.45, 2.75) is 12.1 Å². The molecule has 0 fully saturated rings. The standard InChI is InChI=1S/C24H15BrClFN4O/c25-15-3-1-2-14(10-15)23-20-21(18-11-16(26)6-9-19(18)32-23)30-24-28-12-29-31(24)22(20)13-4-7-17(27)8-5-13/h1-12,22-23H,(H,28,29,30). The molecule has 1 aromatic heterocycles. The highest BCUT2D eigenvalue weighted by Gasteiger charge is 2.41. The van der Waals surface area contributed by atoms with Gasteiger partial charge in [-0.05, 0) is 53.6 Å². The van der Waals surface area contributed by atoms with Crippen LogP contribution in [0.1, 0.15) is 28.8 Å². The normalized spacial score (nSPS) is 18.8. The van der Waals surface area contributed by atoms with Gasteiger partial charge >= 0.3 is 0 Å². The van der Waals surface area contributed by atoms with Crippen LogP contribution in [0, 0.1) is 5.82 Å². The molecule has 3 aromatic carbocycles. The van der Waals surface area contributed by atoms with E-state index in [4.69, 9.17) is 16.3 Å². The Balaban J connectivity index is 1.64. The molecule has 158 valence electrons. The summed E-state index contributed by atoms with van der Waals surface area (Å²) in [6.45, 7) is 0. The van der Waals surface area contributed by atoms with Crippen molar-refractivity contribution in [3.8, 4) is 5.75 Å². The van der Waals surface area contributed by atoms with Crippen LogP contribution in [0.3, 0.4) is 0 Å². The van der Waals surface area contributed by atoms with Crippen LogP contribution < -0.4 is 10.1 Å². The number of ether oxygens (including phenoxy) is 1. The van der Waals surface area contributed by atoms with Crippen LogP contribution in [0.15, 0.2) is 83.1 Å². The van der Waals surface area contributed by atoms with Crippen LogP contribution in [-0.2, 0) is 0 Å². The molecule has 3 heterocycles. The number of nitrogens with zero attached hydrogens (tertiary/aromatic N) is 3. The molecule has 0 radical (unpaired) electrons. The topological polar surface area (TPSA) is 52.0 Å². The second-order valence-corrected chi connectivity index (χ2v) is 8.98. The first kappa shape index (κ1) is 19.5. The maximum Gasteiger partial charge on any atom is 0.226 e. The summed E-state index contributed by atoms with van der Waals surface area (Å²) < 4.78 is 23.1. The zero-order valence-corrected chi connectivity index (χ0v) is 18.8. The van der Waals surface area contributed by atoms with Gasteiger partial charge in [0.1, 0.15) is 30.0 Å². The van der Waals surface area contributed by atoms with Crippen LogP contribution in [0.25, 0.3) is 5.70 Å². The second-order valence-electron chi connectivity index (χ2n) is 7.63. The van der Waals surface area contributed by atoms with E-state index in [1.165, 1.54) is 18.5 Å². The van der Waals surface area contributed by atoms with Crippen LogP contribution in [-0.4, -0.2) is 14.8 Å². The summed E-state index contributed by atoms with van der Waals surface area (Å²) in [5.74, 6) is 1.02. The van der Waals surface area contributed by atoms with E-state index in [2.05, 4.69) is 31.3 Å². The predicted octanol–water partition coefficient (Wildman–Crippen LogP) is 6.39. The van der Waals surface area contributed by atoms with Gasteiger partial charge in [0.05, 0.1) is 5.70 Å². The lowest BCUT2D eigenvalue weighted by Crippen LogP contribution is -2.32. The van der Waals surface area contributed by atoms with Crippen molar-refractivity contribution in [1.82, 2.24) is 14.8 Å². The molecule has 1 N–H and O–H groups in total. The molecule has 2 aliphatic heterocycles. The number of hydrogen-bond acceptors (Lipinski definition) is 4. The number of aromatic nitrogens is 3. The van der Waals surface area contributed by atoms with Crippen LogP contribution in [0.2, 0.25) is 5.02 Å². The quantitative estimate of drug-likeness (QED) is 0.340. The van der Waals surface area contributed by atoms with Gasteiger partial charge in [-0.25, -0.2) is 9.07 Å². The molecule has 0 amide bonds. The average molecular weight is 510 g/mol. The summed E-state index contributed by atoms with van der Waals surface area (Å²) in [7, 11) is 0. The van der Waals surface area contributed by atoms with Gasteiger partial charge in [0.15, 0.2) is 0 Å². The fourth-order valence-corrected chi connectivity index (χ4v) is 4.94. The molecule has 0 spiro atoms. The summed E-state index contributed by atoms with van der Waals surface area (Å²) >= 11 is 9.92. The molecule has 2 aliphatic rings. The molecule has 0 aliphatic carbocycles. The molecule has 32 heavy (non-hydrogen) atoms. The smallest absolute Gasteiger partial charge is 0.226 e. The predicted molar refractivity (Wildman–Crippen MR) is 124 cm³/mol. The highest BCUT2D eigenvalue weighted by atomic mass is 79.9. The first-order valence-corrected chi connectivity index (χ1v) is 11.1. The Hall–Kier alpha value is -3.16. The van der Waals surface area contributed by atoms with Gasteiger partial charge in [0.25, 0.3) is 0 Å². The van der Waals surface area contributed by atoms with Crippen molar-refractivity contribution in [2.24, 2.45) is 0 Å². The molecule has 0 saturated carbocycles. The maximum absolute atomic E-state index is 13.7. The van der Waals surface area contributed by atoms with Crippen molar-refractivity contribution < 1.29 is 9.13 Å². The van der Waals surface area contributed by atoms with Gasteiger partial charge in [-0.15, -0.1) is 0 Å². The summed E-state index contributed by atoms with van der Waals surface area (Å²) in [4.78, 5) is 4.40. The molecule has 2 atom stereocenters. The Kier molecular flexibility index (Phi) is 4.55. The van der Waals surface area contributed by atoms with Gasteiger partial charge < -0.3 is 10.1 Å². The number of anilines is 1. The highest BCUT2D eigenvalue weighted by molar-refractivity contribution is 9.10. The molecule has 5 nitrogen and oxygen atoms in total. The first-order chi connectivity index (χ1) is 15.6. The molecule has 0 bridgehead atoms. The number of halogens is 3. The van der Waals surface area contributed by atoms with E-state index in [1.807, 2.05) is 42.5 Å². The minimum atomic E-state index is -0.406. The third kappa shape index (κ3) is 3.12. The van der Waals surface area contributed by atoms with Gasteiger partial charge in [0.2, 0.25) is 5.95 Å². The number of nitrogens with one attached hydrogen (secondary N) is 1. The number of rotatable bonds is 2. The molecule has 6 rings (SSSR count). The largest absolute Gasteiger partial charge is 0.480 e. The zero-order valence-electron chi connectivity index (χ0n) is 16.5. The summed E-state index contributed by atoms with van der Waals surface area (Å²) in [5, 5.41) is 8.51. The first-order valence-electron chi connectivity index (χ1n) is 9.96. The molecular formula is C24H15BrClFN4O. The van der Waals surface area contributed by atoms with Crippen molar-refractivity contribution in [2.75, 3.05) is 5.32 Å². The van der Waals surface area contributed by atoms with Crippen LogP contribution in [0.4, 0.5) is 10.3 Å².